The number of aldehydes is 1. The average Bonchev–Trinajstić information content (AvgIpc) is 3.01. The predicted octanol–water partition coefficient (Wildman–Crippen LogP) is 5.05. The Bertz CT molecular complexity index is 1510. The van der Waals surface area contributed by atoms with Gasteiger partial charge < -0.3 is 35.1 Å². The molecule has 0 aliphatic carbocycles. The number of benzene rings is 2. The Labute approximate surface area is 259 Å². The van der Waals surface area contributed by atoms with Gasteiger partial charge in [-0.25, -0.2) is 4.98 Å². The third-order valence-electron chi connectivity index (χ3n) is 7.44. The highest BCUT2D eigenvalue weighted by molar-refractivity contribution is 5.95. The molecule has 0 bridgehead atoms. The summed E-state index contributed by atoms with van der Waals surface area (Å²) in [7, 11) is 5.18. The second kappa shape index (κ2) is 14.1. The number of anilines is 2. The molecule has 0 atom stereocenters. The van der Waals surface area contributed by atoms with Crippen LogP contribution in [0.2, 0.25) is 0 Å². The SMILES string of the molecule is CNC(C)(C)COc1cccc(Oc2nc(Nc3ccc(C(=O)NC4CCN(C)CC4)cc3OC)ncc2C(F)(F)F)c1C=O. The van der Waals surface area contributed by atoms with Crippen molar-refractivity contribution in [1.82, 2.24) is 25.5 Å². The summed E-state index contributed by atoms with van der Waals surface area (Å²) in [5, 5.41) is 8.93. The number of hydrogen-bond acceptors (Lipinski definition) is 10. The highest BCUT2D eigenvalue weighted by Gasteiger charge is 2.37. The van der Waals surface area contributed by atoms with Crippen LogP contribution in [-0.4, -0.2) is 79.5 Å². The van der Waals surface area contributed by atoms with E-state index in [-0.39, 0.29) is 47.3 Å². The van der Waals surface area contributed by atoms with Gasteiger partial charge in [-0.15, -0.1) is 0 Å². The molecule has 1 saturated heterocycles. The summed E-state index contributed by atoms with van der Waals surface area (Å²) in [5.74, 6) is -1.13. The van der Waals surface area contributed by atoms with Crippen LogP contribution in [0.3, 0.4) is 0 Å². The molecule has 4 rings (SSSR count). The molecule has 2 heterocycles. The Kier molecular flexibility index (Phi) is 10.5. The smallest absolute Gasteiger partial charge is 0.423 e. The maximum atomic E-state index is 13.9. The number of nitrogens with one attached hydrogen (secondary N) is 3. The number of likely N-dealkylation sites (N-methyl/N-ethyl adjacent to an activating group) is 1. The predicted molar refractivity (Wildman–Crippen MR) is 162 cm³/mol. The summed E-state index contributed by atoms with van der Waals surface area (Å²) >= 11 is 0. The third kappa shape index (κ3) is 8.60. The Morgan fingerprint density at radius 1 is 1.11 bits per heavy atom. The minimum atomic E-state index is -4.86. The van der Waals surface area contributed by atoms with Crippen LogP contribution in [0.4, 0.5) is 24.8 Å². The highest BCUT2D eigenvalue weighted by atomic mass is 19.4. The zero-order valence-corrected chi connectivity index (χ0v) is 25.7. The van der Waals surface area contributed by atoms with Crippen molar-refractivity contribution in [2.24, 2.45) is 0 Å². The molecular formula is C31H37F3N6O5. The Morgan fingerprint density at radius 3 is 2.47 bits per heavy atom. The molecule has 0 unspecified atom stereocenters. The second-order valence-electron chi connectivity index (χ2n) is 11.3. The number of likely N-dealkylation sites (tertiary alicyclic amines) is 1. The van der Waals surface area contributed by atoms with Crippen molar-refractivity contribution < 1.29 is 37.0 Å². The lowest BCUT2D eigenvalue weighted by molar-refractivity contribution is -0.139. The van der Waals surface area contributed by atoms with Crippen LogP contribution in [0.15, 0.2) is 42.6 Å². The number of hydrogen-bond donors (Lipinski definition) is 3. The van der Waals surface area contributed by atoms with Gasteiger partial charge in [0.2, 0.25) is 11.8 Å². The molecule has 0 spiro atoms. The fourth-order valence-corrected chi connectivity index (χ4v) is 4.47. The van der Waals surface area contributed by atoms with E-state index in [1.165, 1.54) is 31.4 Å². The number of alkyl halides is 3. The molecule has 0 saturated carbocycles. The highest BCUT2D eigenvalue weighted by Crippen LogP contribution is 2.39. The maximum absolute atomic E-state index is 13.9. The number of carbonyl (C=O) groups is 2. The second-order valence-corrected chi connectivity index (χ2v) is 11.3. The summed E-state index contributed by atoms with van der Waals surface area (Å²) in [4.78, 5) is 34.9. The van der Waals surface area contributed by atoms with Gasteiger partial charge in [-0.1, -0.05) is 6.07 Å². The first-order valence-electron chi connectivity index (χ1n) is 14.3. The molecule has 3 aromatic rings. The Hall–Kier alpha value is -4.43. The molecule has 2 aromatic carbocycles. The van der Waals surface area contributed by atoms with Crippen molar-refractivity contribution in [3.8, 4) is 23.1 Å². The number of halogens is 3. The number of rotatable bonds is 12. The summed E-state index contributed by atoms with van der Waals surface area (Å²) in [5.41, 5.74) is -1.11. The molecular weight excluding hydrogens is 593 g/mol. The zero-order chi connectivity index (χ0) is 32.8. The topological polar surface area (TPSA) is 127 Å². The molecule has 11 nitrogen and oxygen atoms in total. The lowest BCUT2D eigenvalue weighted by Crippen LogP contribution is -2.43. The van der Waals surface area contributed by atoms with E-state index >= 15 is 0 Å². The lowest BCUT2D eigenvalue weighted by Gasteiger charge is -2.29. The largest absolute Gasteiger partial charge is 0.495 e. The molecule has 3 N–H and O–H groups in total. The van der Waals surface area contributed by atoms with Crippen LogP contribution in [0.1, 0.15) is 53.0 Å². The van der Waals surface area contributed by atoms with Crippen molar-refractivity contribution in [3.63, 3.8) is 0 Å². The molecule has 0 radical (unpaired) electrons. The summed E-state index contributed by atoms with van der Waals surface area (Å²) in [6, 6.07) is 9.04. The van der Waals surface area contributed by atoms with Crippen LogP contribution in [-0.2, 0) is 6.18 Å². The molecule has 1 aliphatic rings. The van der Waals surface area contributed by atoms with Crippen LogP contribution < -0.4 is 30.2 Å². The van der Waals surface area contributed by atoms with Crippen molar-refractivity contribution in [1.29, 1.82) is 0 Å². The van der Waals surface area contributed by atoms with Crippen molar-refractivity contribution in [2.75, 3.05) is 46.2 Å². The summed E-state index contributed by atoms with van der Waals surface area (Å²) in [6.07, 6.45) is -2.15. The monoisotopic (exact) mass is 630 g/mol. The minimum absolute atomic E-state index is 0.0589. The number of methoxy groups -OCH3 is 1. The van der Waals surface area contributed by atoms with Gasteiger partial charge >= 0.3 is 6.18 Å². The van der Waals surface area contributed by atoms with Crippen LogP contribution in [0.25, 0.3) is 0 Å². The van der Waals surface area contributed by atoms with E-state index in [4.69, 9.17) is 14.2 Å². The molecule has 242 valence electrons. The standard InChI is InChI=1S/C31H37F3N6O5/c1-30(2,35-3)18-44-24-7-6-8-25(21(24)17-41)45-28-22(31(32,33)34)16-36-29(39-28)38-23-10-9-19(15-26(23)43-5)27(42)37-20-11-13-40(4)14-12-20/h6-10,15-17,20,35H,11-14,18H2,1-5H3,(H,37,42)(H,36,38,39). The summed E-state index contributed by atoms with van der Waals surface area (Å²) < 4.78 is 58.7. The van der Waals surface area contributed by atoms with Gasteiger partial charge in [-0.3, -0.25) is 9.59 Å². The summed E-state index contributed by atoms with van der Waals surface area (Å²) in [6.45, 7) is 5.71. The Morgan fingerprint density at radius 2 is 1.82 bits per heavy atom. The van der Waals surface area contributed by atoms with E-state index in [1.54, 1.807) is 19.2 Å². The maximum Gasteiger partial charge on any atom is 0.423 e. The van der Waals surface area contributed by atoms with Crippen molar-refractivity contribution in [2.45, 2.75) is 44.4 Å². The van der Waals surface area contributed by atoms with E-state index < -0.39 is 23.2 Å². The van der Waals surface area contributed by atoms with Crippen LogP contribution in [0, 0.1) is 0 Å². The number of piperidine rings is 1. The van der Waals surface area contributed by atoms with Crippen LogP contribution in [0.5, 0.6) is 23.1 Å². The Balaban J connectivity index is 1.58. The average molecular weight is 631 g/mol. The number of nitrogens with zero attached hydrogens (tertiary/aromatic N) is 3. The molecule has 1 amide bonds. The number of aromatic nitrogens is 2. The lowest BCUT2D eigenvalue weighted by atomic mass is 10.0. The van der Waals surface area contributed by atoms with E-state index in [0.29, 0.717) is 23.7 Å². The number of carbonyl (C=O) groups excluding carboxylic acids is 2. The van der Waals surface area contributed by atoms with Gasteiger partial charge in [0.05, 0.1) is 18.4 Å². The van der Waals surface area contributed by atoms with Crippen molar-refractivity contribution in [3.05, 3.63) is 59.3 Å². The van der Waals surface area contributed by atoms with Gasteiger partial charge in [0.15, 0.2) is 6.29 Å². The molecule has 45 heavy (non-hydrogen) atoms. The van der Waals surface area contributed by atoms with Crippen LogP contribution >= 0.6 is 0 Å². The van der Waals surface area contributed by atoms with Gasteiger partial charge in [0.25, 0.3) is 5.91 Å². The molecule has 1 aromatic heterocycles. The fraction of sp³-hybridized carbons (Fsp3) is 0.419. The number of amides is 1. The van der Waals surface area contributed by atoms with Crippen molar-refractivity contribution >= 4 is 23.8 Å². The number of ether oxygens (including phenoxy) is 3. The first kappa shape index (κ1) is 33.5. The van der Waals surface area contributed by atoms with E-state index in [1.807, 2.05) is 20.9 Å². The van der Waals surface area contributed by atoms with E-state index in [9.17, 15) is 22.8 Å². The first-order valence-corrected chi connectivity index (χ1v) is 14.3. The quantitative estimate of drug-likeness (QED) is 0.234. The van der Waals surface area contributed by atoms with Gasteiger partial charge in [0, 0.05) is 23.3 Å². The fourth-order valence-electron chi connectivity index (χ4n) is 4.47. The van der Waals surface area contributed by atoms with Gasteiger partial charge in [-0.05, 0) is 84.2 Å². The molecule has 14 heteroatoms. The third-order valence-corrected chi connectivity index (χ3v) is 7.44. The molecule has 1 fully saturated rings. The minimum Gasteiger partial charge on any atom is -0.495 e. The van der Waals surface area contributed by atoms with E-state index in [2.05, 4.69) is 30.8 Å². The first-order chi connectivity index (χ1) is 21.3. The normalized spacial score (nSPS) is 14.5. The van der Waals surface area contributed by atoms with Gasteiger partial charge in [0.1, 0.15) is 29.4 Å². The molecule has 1 aliphatic heterocycles. The zero-order valence-electron chi connectivity index (χ0n) is 25.7. The van der Waals surface area contributed by atoms with E-state index in [0.717, 1.165) is 25.9 Å². The van der Waals surface area contributed by atoms with Gasteiger partial charge in [-0.2, -0.15) is 18.2 Å².